The van der Waals surface area contributed by atoms with E-state index in [1.165, 1.54) is 5.56 Å². The number of carboxylic acids is 1. The summed E-state index contributed by atoms with van der Waals surface area (Å²) in [6.45, 7) is 0. The summed E-state index contributed by atoms with van der Waals surface area (Å²) < 4.78 is 1.57. The van der Waals surface area contributed by atoms with Crippen LogP contribution in [0.25, 0.3) is 11.3 Å². The number of hydrogen-bond donors (Lipinski definition) is 2. The Morgan fingerprint density at radius 2 is 2.00 bits per heavy atom. The highest BCUT2D eigenvalue weighted by Gasteiger charge is 2.39. The summed E-state index contributed by atoms with van der Waals surface area (Å²) in [5.41, 5.74) is 2.52. The van der Waals surface area contributed by atoms with Crippen molar-refractivity contribution < 1.29 is 15.0 Å². The molecule has 0 amide bonds. The number of nitrogens with zero attached hydrogens (tertiary/aromatic N) is 2. The van der Waals surface area contributed by atoms with Gasteiger partial charge in [-0.15, -0.1) is 0 Å². The lowest BCUT2D eigenvalue weighted by molar-refractivity contribution is 0.0689. The third-order valence-electron chi connectivity index (χ3n) is 4.05. The minimum Gasteiger partial charge on any atom is -0.476 e. The fourth-order valence-electron chi connectivity index (χ4n) is 2.46. The number of aliphatic hydroxyl groups is 1. The predicted molar refractivity (Wildman–Crippen MR) is 78.1 cm³/mol. The first-order chi connectivity index (χ1) is 9.97. The van der Waals surface area contributed by atoms with Crippen LogP contribution in [0.2, 0.25) is 0 Å². The quantitative estimate of drug-likeness (QED) is 0.884. The summed E-state index contributed by atoms with van der Waals surface area (Å²) in [7, 11) is 1.73. The smallest absolute Gasteiger partial charge is 0.356 e. The van der Waals surface area contributed by atoms with Gasteiger partial charge in [-0.05, 0) is 42.9 Å². The Hall–Kier alpha value is -2.14. The number of carboxylic acid groups (broad SMARTS) is 1. The van der Waals surface area contributed by atoms with Gasteiger partial charge in [-0.1, -0.05) is 24.3 Å². The van der Waals surface area contributed by atoms with Crippen LogP contribution in [0.5, 0.6) is 0 Å². The minimum atomic E-state index is -1.02. The molecule has 0 spiro atoms. The van der Waals surface area contributed by atoms with Crippen LogP contribution in [0.4, 0.5) is 0 Å². The summed E-state index contributed by atoms with van der Waals surface area (Å²) in [6.07, 6.45) is 3.50. The maximum atomic E-state index is 10.9. The Bertz CT molecular complexity index is 669. The topological polar surface area (TPSA) is 75.4 Å². The molecular formula is C16H18N2O3. The van der Waals surface area contributed by atoms with Gasteiger partial charge < -0.3 is 10.2 Å². The molecule has 2 aromatic rings. The zero-order chi connectivity index (χ0) is 15.0. The molecule has 0 saturated heterocycles. The van der Waals surface area contributed by atoms with Crippen LogP contribution in [0, 0.1) is 0 Å². The standard InChI is InChI=1S/C16H18N2O3/c1-18-14(10-13(17-18)15(19)20)12-4-2-11(3-5-12)6-7-16(21)8-9-16/h2-5,10,21H,6-9H2,1H3,(H,19,20). The lowest BCUT2D eigenvalue weighted by Gasteiger charge is -2.08. The van der Waals surface area contributed by atoms with E-state index in [0.29, 0.717) is 0 Å². The van der Waals surface area contributed by atoms with Gasteiger partial charge in [0.25, 0.3) is 0 Å². The van der Waals surface area contributed by atoms with Crippen LogP contribution in [0.15, 0.2) is 30.3 Å². The highest BCUT2D eigenvalue weighted by molar-refractivity contribution is 5.87. The van der Waals surface area contributed by atoms with Crippen molar-refractivity contribution in [1.82, 2.24) is 9.78 Å². The monoisotopic (exact) mass is 286 g/mol. The zero-order valence-corrected chi connectivity index (χ0v) is 11.9. The van der Waals surface area contributed by atoms with E-state index in [0.717, 1.165) is 36.9 Å². The first-order valence-corrected chi connectivity index (χ1v) is 7.06. The number of aryl methyl sites for hydroxylation is 2. The van der Waals surface area contributed by atoms with Gasteiger partial charge in [0, 0.05) is 7.05 Å². The molecule has 0 atom stereocenters. The van der Waals surface area contributed by atoms with Gasteiger partial charge in [0.1, 0.15) is 0 Å². The fraction of sp³-hybridized carbons (Fsp3) is 0.375. The number of benzene rings is 1. The molecule has 5 heteroatoms. The Morgan fingerprint density at radius 3 is 2.52 bits per heavy atom. The van der Waals surface area contributed by atoms with Crippen molar-refractivity contribution in [3.63, 3.8) is 0 Å². The third kappa shape index (κ3) is 2.97. The first-order valence-electron chi connectivity index (χ1n) is 7.06. The number of hydrogen-bond acceptors (Lipinski definition) is 3. The Balaban J connectivity index is 1.75. The summed E-state index contributed by atoms with van der Waals surface area (Å²) >= 11 is 0. The molecule has 5 nitrogen and oxygen atoms in total. The first kappa shape index (κ1) is 13.8. The SMILES string of the molecule is Cn1nc(C(=O)O)cc1-c1ccc(CCC2(O)CC2)cc1. The van der Waals surface area contributed by atoms with Crippen molar-refractivity contribution in [2.75, 3.05) is 0 Å². The molecule has 21 heavy (non-hydrogen) atoms. The van der Waals surface area contributed by atoms with Crippen LogP contribution in [-0.2, 0) is 13.5 Å². The Labute approximate surface area is 122 Å². The highest BCUT2D eigenvalue weighted by atomic mass is 16.4. The highest BCUT2D eigenvalue weighted by Crippen LogP contribution is 2.39. The molecule has 1 aliphatic carbocycles. The lowest BCUT2D eigenvalue weighted by atomic mass is 10.0. The second kappa shape index (κ2) is 5.00. The maximum absolute atomic E-state index is 10.9. The van der Waals surface area contributed by atoms with Gasteiger partial charge in [-0.3, -0.25) is 4.68 Å². The largest absolute Gasteiger partial charge is 0.476 e. The van der Waals surface area contributed by atoms with Gasteiger partial charge in [0.05, 0.1) is 11.3 Å². The molecule has 0 radical (unpaired) electrons. The Kier molecular flexibility index (Phi) is 3.29. The molecule has 2 N–H and O–H groups in total. The average molecular weight is 286 g/mol. The van der Waals surface area contributed by atoms with Crippen molar-refractivity contribution in [2.45, 2.75) is 31.3 Å². The van der Waals surface area contributed by atoms with E-state index >= 15 is 0 Å². The molecular weight excluding hydrogens is 268 g/mol. The summed E-state index contributed by atoms with van der Waals surface area (Å²) in [4.78, 5) is 10.9. The molecule has 1 aromatic heterocycles. The summed E-state index contributed by atoms with van der Waals surface area (Å²) in [5.74, 6) is -1.02. The van der Waals surface area contributed by atoms with Crippen molar-refractivity contribution in [3.05, 3.63) is 41.6 Å². The molecule has 1 aromatic carbocycles. The van der Waals surface area contributed by atoms with Gasteiger partial charge >= 0.3 is 5.97 Å². The van der Waals surface area contributed by atoms with Gasteiger partial charge in [-0.2, -0.15) is 5.10 Å². The lowest BCUT2D eigenvalue weighted by Crippen LogP contribution is -2.07. The number of rotatable bonds is 5. The fourth-order valence-corrected chi connectivity index (χ4v) is 2.46. The van der Waals surface area contributed by atoms with Crippen LogP contribution < -0.4 is 0 Å². The molecule has 110 valence electrons. The molecule has 0 bridgehead atoms. The Morgan fingerprint density at radius 1 is 1.33 bits per heavy atom. The molecule has 1 saturated carbocycles. The van der Waals surface area contributed by atoms with Crippen LogP contribution in [-0.4, -0.2) is 31.6 Å². The molecule has 0 aliphatic heterocycles. The molecule has 0 unspecified atom stereocenters. The van der Waals surface area contributed by atoms with Crippen molar-refractivity contribution >= 4 is 5.97 Å². The normalized spacial score (nSPS) is 15.9. The van der Waals surface area contributed by atoms with Crippen LogP contribution in [0.1, 0.15) is 35.3 Å². The van der Waals surface area contributed by atoms with Crippen molar-refractivity contribution in [1.29, 1.82) is 0 Å². The van der Waals surface area contributed by atoms with E-state index in [2.05, 4.69) is 5.10 Å². The van der Waals surface area contributed by atoms with Crippen LogP contribution in [0.3, 0.4) is 0 Å². The van der Waals surface area contributed by atoms with E-state index < -0.39 is 11.6 Å². The van der Waals surface area contributed by atoms with Gasteiger partial charge in [-0.25, -0.2) is 4.79 Å². The second-order valence-corrected chi connectivity index (χ2v) is 5.76. The van der Waals surface area contributed by atoms with Crippen LogP contribution >= 0.6 is 0 Å². The van der Waals surface area contributed by atoms with Gasteiger partial charge in [0.15, 0.2) is 5.69 Å². The predicted octanol–water partition coefficient (Wildman–Crippen LogP) is 2.24. The van der Waals surface area contributed by atoms with E-state index in [9.17, 15) is 9.90 Å². The minimum absolute atomic E-state index is 0.0486. The van der Waals surface area contributed by atoms with E-state index in [-0.39, 0.29) is 5.69 Å². The number of aromatic carboxylic acids is 1. The van der Waals surface area contributed by atoms with Crippen molar-refractivity contribution in [3.8, 4) is 11.3 Å². The van der Waals surface area contributed by atoms with E-state index in [1.807, 2.05) is 24.3 Å². The van der Waals surface area contributed by atoms with Crippen molar-refractivity contribution in [2.24, 2.45) is 7.05 Å². The number of carbonyl (C=O) groups is 1. The second-order valence-electron chi connectivity index (χ2n) is 5.76. The molecule has 1 aliphatic rings. The number of aromatic nitrogens is 2. The molecule has 1 fully saturated rings. The summed E-state index contributed by atoms with van der Waals surface area (Å²) in [5, 5.41) is 22.8. The molecule has 3 rings (SSSR count). The third-order valence-corrected chi connectivity index (χ3v) is 4.05. The molecule has 1 heterocycles. The maximum Gasteiger partial charge on any atom is 0.356 e. The van der Waals surface area contributed by atoms with Gasteiger partial charge in [0.2, 0.25) is 0 Å². The summed E-state index contributed by atoms with van der Waals surface area (Å²) in [6, 6.07) is 9.55. The van der Waals surface area contributed by atoms with E-state index in [1.54, 1.807) is 17.8 Å². The average Bonchev–Trinajstić information content (AvgIpc) is 3.06. The van der Waals surface area contributed by atoms with E-state index in [4.69, 9.17) is 5.11 Å². The zero-order valence-electron chi connectivity index (χ0n) is 11.9.